The Labute approximate surface area is 130 Å². The van der Waals surface area contributed by atoms with Crippen LogP contribution in [0.25, 0.3) is 0 Å². The van der Waals surface area contributed by atoms with Gasteiger partial charge in [-0.15, -0.1) is 0 Å². The molecule has 1 aliphatic heterocycles. The number of benzene rings is 1. The minimum atomic E-state index is -3.12. The van der Waals surface area contributed by atoms with Crippen LogP contribution in [0.5, 0.6) is 0 Å². The first-order valence-electron chi connectivity index (χ1n) is 7.13. The smallest absolute Gasteiger partial charge is 0.251 e. The Balaban J connectivity index is 1.84. The summed E-state index contributed by atoms with van der Waals surface area (Å²) in [6, 6.07) is 8.56. The topological polar surface area (TPSA) is 90.3 Å². The molecule has 1 N–H and O–H groups in total. The van der Waals surface area contributed by atoms with Gasteiger partial charge in [0.1, 0.15) is 0 Å². The molecule has 1 heterocycles. The van der Waals surface area contributed by atoms with E-state index in [1.165, 1.54) is 10.6 Å². The number of nitrogens with zero attached hydrogens (tertiary/aromatic N) is 2. The summed E-state index contributed by atoms with van der Waals surface area (Å²) in [5.41, 5.74) is 0.918. The van der Waals surface area contributed by atoms with Crippen LogP contribution in [-0.2, 0) is 10.0 Å². The highest BCUT2D eigenvalue weighted by Crippen LogP contribution is 2.18. The Hall–Kier alpha value is -1.91. The summed E-state index contributed by atoms with van der Waals surface area (Å²) in [4.78, 5) is 12.1. The second-order valence-electron chi connectivity index (χ2n) is 5.51. The zero-order chi connectivity index (χ0) is 16.2. The summed E-state index contributed by atoms with van der Waals surface area (Å²) in [7, 11) is -3.12. The number of nitrogens with one attached hydrogen (secondary N) is 1. The second kappa shape index (κ2) is 6.90. The van der Waals surface area contributed by atoms with Crippen molar-refractivity contribution in [2.45, 2.75) is 12.8 Å². The van der Waals surface area contributed by atoms with Gasteiger partial charge in [-0.05, 0) is 37.0 Å². The molecular formula is C15H19N3O3S. The fourth-order valence-corrected chi connectivity index (χ4v) is 3.39. The number of rotatable bonds is 4. The maximum atomic E-state index is 12.1. The van der Waals surface area contributed by atoms with Gasteiger partial charge in [0.2, 0.25) is 10.0 Å². The second-order valence-corrected chi connectivity index (χ2v) is 7.49. The number of hydrogen-bond donors (Lipinski definition) is 1. The molecule has 0 bridgehead atoms. The lowest BCUT2D eigenvalue weighted by Gasteiger charge is -2.30. The molecule has 0 saturated carbocycles. The Morgan fingerprint density at radius 2 is 2.09 bits per heavy atom. The van der Waals surface area contributed by atoms with Gasteiger partial charge in [-0.25, -0.2) is 12.7 Å². The molecule has 1 amide bonds. The van der Waals surface area contributed by atoms with Gasteiger partial charge in [-0.2, -0.15) is 5.26 Å². The molecule has 22 heavy (non-hydrogen) atoms. The zero-order valence-electron chi connectivity index (χ0n) is 12.4. The molecule has 1 aromatic carbocycles. The molecule has 1 aromatic rings. The highest BCUT2D eigenvalue weighted by molar-refractivity contribution is 7.88. The van der Waals surface area contributed by atoms with Crippen LogP contribution < -0.4 is 5.32 Å². The van der Waals surface area contributed by atoms with Crippen LogP contribution in [0, 0.1) is 17.2 Å². The van der Waals surface area contributed by atoms with Crippen molar-refractivity contribution in [1.82, 2.24) is 9.62 Å². The molecule has 2 rings (SSSR count). The summed E-state index contributed by atoms with van der Waals surface area (Å²) in [5.74, 6) is 0.0729. The SMILES string of the molecule is CS(=O)(=O)N1CCC(CNC(=O)c2cccc(C#N)c2)CC1. The average Bonchev–Trinajstić information content (AvgIpc) is 2.52. The van der Waals surface area contributed by atoms with Crippen LogP contribution in [0.1, 0.15) is 28.8 Å². The summed E-state index contributed by atoms with van der Waals surface area (Å²) >= 11 is 0. The van der Waals surface area contributed by atoms with Gasteiger partial charge >= 0.3 is 0 Å². The lowest BCUT2D eigenvalue weighted by molar-refractivity contribution is 0.0941. The van der Waals surface area contributed by atoms with Crippen LogP contribution in [0.2, 0.25) is 0 Å². The van der Waals surface area contributed by atoms with Gasteiger partial charge in [0, 0.05) is 25.2 Å². The Morgan fingerprint density at radius 3 is 2.68 bits per heavy atom. The van der Waals surface area contributed by atoms with Crippen molar-refractivity contribution in [2.75, 3.05) is 25.9 Å². The number of carbonyl (C=O) groups excluding carboxylic acids is 1. The van der Waals surface area contributed by atoms with Gasteiger partial charge in [-0.3, -0.25) is 4.79 Å². The third kappa shape index (κ3) is 4.29. The molecule has 6 nitrogen and oxygen atoms in total. The Morgan fingerprint density at radius 1 is 1.41 bits per heavy atom. The van der Waals surface area contributed by atoms with Crippen molar-refractivity contribution in [2.24, 2.45) is 5.92 Å². The molecule has 0 aromatic heterocycles. The largest absolute Gasteiger partial charge is 0.352 e. The van der Waals surface area contributed by atoms with E-state index in [4.69, 9.17) is 5.26 Å². The standard InChI is InChI=1S/C15H19N3O3S/c1-22(20,21)18-7-5-12(6-8-18)11-17-15(19)14-4-2-3-13(9-14)10-16/h2-4,9,12H,5-8,11H2,1H3,(H,17,19). The van der Waals surface area contributed by atoms with Crippen molar-refractivity contribution < 1.29 is 13.2 Å². The van der Waals surface area contributed by atoms with E-state index in [1.807, 2.05) is 6.07 Å². The van der Waals surface area contributed by atoms with Gasteiger partial charge < -0.3 is 5.32 Å². The summed E-state index contributed by atoms with van der Waals surface area (Å²) in [6.45, 7) is 1.53. The fourth-order valence-electron chi connectivity index (χ4n) is 2.51. The van der Waals surface area contributed by atoms with Crippen LogP contribution in [0.3, 0.4) is 0 Å². The number of nitriles is 1. The molecule has 0 radical (unpaired) electrons. The average molecular weight is 321 g/mol. The van der Waals surface area contributed by atoms with E-state index >= 15 is 0 Å². The molecule has 0 atom stereocenters. The highest BCUT2D eigenvalue weighted by Gasteiger charge is 2.25. The highest BCUT2D eigenvalue weighted by atomic mass is 32.2. The maximum absolute atomic E-state index is 12.1. The predicted octanol–water partition coefficient (Wildman–Crippen LogP) is 0.960. The quantitative estimate of drug-likeness (QED) is 0.894. The summed E-state index contributed by atoms with van der Waals surface area (Å²) in [6.07, 6.45) is 2.70. The van der Waals surface area contributed by atoms with E-state index in [0.29, 0.717) is 30.8 Å². The van der Waals surface area contributed by atoms with Crippen LogP contribution in [0.4, 0.5) is 0 Å². The van der Waals surface area contributed by atoms with Gasteiger partial charge in [0.25, 0.3) is 5.91 Å². The first kappa shape index (κ1) is 16.5. The van der Waals surface area contributed by atoms with Gasteiger partial charge in [0.05, 0.1) is 17.9 Å². The maximum Gasteiger partial charge on any atom is 0.251 e. The Kier molecular flexibility index (Phi) is 5.16. The molecule has 1 saturated heterocycles. The molecule has 0 aliphatic carbocycles. The fraction of sp³-hybridized carbons (Fsp3) is 0.467. The number of sulfonamides is 1. The molecule has 118 valence electrons. The van der Waals surface area contributed by atoms with Crippen LogP contribution in [0.15, 0.2) is 24.3 Å². The third-order valence-electron chi connectivity index (χ3n) is 3.85. The van der Waals surface area contributed by atoms with Crippen molar-refractivity contribution in [3.8, 4) is 6.07 Å². The molecule has 7 heteroatoms. The first-order chi connectivity index (χ1) is 10.4. The number of piperidine rings is 1. The van der Waals surface area contributed by atoms with Gasteiger partial charge in [-0.1, -0.05) is 6.07 Å². The lowest BCUT2D eigenvalue weighted by Crippen LogP contribution is -2.41. The number of carbonyl (C=O) groups is 1. The van der Waals surface area contributed by atoms with Crippen LogP contribution in [-0.4, -0.2) is 44.5 Å². The minimum absolute atomic E-state index is 0.206. The van der Waals surface area contributed by atoms with E-state index in [2.05, 4.69) is 5.32 Å². The first-order valence-corrected chi connectivity index (χ1v) is 8.98. The Bertz CT molecular complexity index is 686. The molecule has 1 fully saturated rings. The zero-order valence-corrected chi connectivity index (χ0v) is 13.3. The van der Waals surface area contributed by atoms with Crippen LogP contribution >= 0.6 is 0 Å². The minimum Gasteiger partial charge on any atom is -0.352 e. The molecule has 0 unspecified atom stereocenters. The van der Waals surface area contributed by atoms with Crippen molar-refractivity contribution in [1.29, 1.82) is 5.26 Å². The van der Waals surface area contributed by atoms with E-state index < -0.39 is 10.0 Å². The summed E-state index contributed by atoms with van der Waals surface area (Å²) in [5, 5.41) is 11.7. The van der Waals surface area contributed by atoms with Crippen molar-refractivity contribution in [3.63, 3.8) is 0 Å². The molecule has 1 aliphatic rings. The van der Waals surface area contributed by atoms with Crippen molar-refractivity contribution in [3.05, 3.63) is 35.4 Å². The molecule has 0 spiro atoms. The number of hydrogen-bond acceptors (Lipinski definition) is 4. The normalized spacial score (nSPS) is 16.9. The summed E-state index contributed by atoms with van der Waals surface area (Å²) < 4.78 is 24.3. The van der Waals surface area contributed by atoms with E-state index in [1.54, 1.807) is 24.3 Å². The number of amides is 1. The lowest BCUT2D eigenvalue weighted by atomic mass is 9.98. The molecular weight excluding hydrogens is 302 g/mol. The van der Waals surface area contributed by atoms with E-state index in [0.717, 1.165) is 12.8 Å². The van der Waals surface area contributed by atoms with Gasteiger partial charge in [0.15, 0.2) is 0 Å². The van der Waals surface area contributed by atoms with Crippen molar-refractivity contribution >= 4 is 15.9 Å². The van der Waals surface area contributed by atoms with E-state index in [9.17, 15) is 13.2 Å². The third-order valence-corrected chi connectivity index (χ3v) is 5.15. The monoisotopic (exact) mass is 321 g/mol. The predicted molar refractivity (Wildman–Crippen MR) is 82.6 cm³/mol. The van der Waals surface area contributed by atoms with E-state index in [-0.39, 0.29) is 11.8 Å².